The van der Waals surface area contributed by atoms with E-state index in [0.29, 0.717) is 30.8 Å². The van der Waals surface area contributed by atoms with E-state index in [9.17, 15) is 18.0 Å². The second kappa shape index (κ2) is 6.20. The quantitative estimate of drug-likeness (QED) is 0.855. The topological polar surface area (TPSA) is 64.7 Å². The van der Waals surface area contributed by atoms with Gasteiger partial charge in [-0.2, -0.15) is 23.4 Å². The van der Waals surface area contributed by atoms with Gasteiger partial charge in [-0.25, -0.2) is 0 Å². The second-order valence-electron chi connectivity index (χ2n) is 4.90. The molecule has 1 N–H and O–H groups in total. The lowest BCUT2D eigenvalue weighted by molar-refractivity contribution is -0.141. The van der Waals surface area contributed by atoms with Crippen LogP contribution in [0.25, 0.3) is 0 Å². The minimum absolute atomic E-state index is 0.263. The third-order valence-electron chi connectivity index (χ3n) is 3.07. The van der Waals surface area contributed by atoms with E-state index in [0.717, 1.165) is 6.07 Å². The summed E-state index contributed by atoms with van der Waals surface area (Å²) in [5.74, 6) is -0.263. The van der Waals surface area contributed by atoms with Gasteiger partial charge in [-0.1, -0.05) is 0 Å². The maximum absolute atomic E-state index is 12.5. The van der Waals surface area contributed by atoms with Gasteiger partial charge in [0, 0.05) is 32.0 Å². The van der Waals surface area contributed by atoms with E-state index in [2.05, 4.69) is 15.5 Å². The second-order valence-corrected chi connectivity index (χ2v) is 4.90. The van der Waals surface area contributed by atoms with Crippen LogP contribution >= 0.6 is 0 Å². The maximum Gasteiger partial charge on any atom is 0.435 e. The summed E-state index contributed by atoms with van der Waals surface area (Å²) < 4.78 is 40.4. The van der Waals surface area contributed by atoms with E-state index >= 15 is 0 Å². The fraction of sp³-hybridized carbons (Fsp3) is 0.462. The summed E-state index contributed by atoms with van der Waals surface area (Å²) in [4.78, 5) is 11.7. The average molecular weight is 315 g/mol. The summed E-state index contributed by atoms with van der Waals surface area (Å²) in [7, 11) is 1.70. The molecule has 120 valence electrons. The van der Waals surface area contributed by atoms with Gasteiger partial charge in [0.05, 0.1) is 11.8 Å². The Labute approximate surface area is 124 Å². The number of hydrogen-bond acceptors (Lipinski definition) is 3. The molecule has 0 atom stereocenters. The number of aromatic nitrogens is 4. The molecular formula is C13H16F3N5O. The molecule has 2 aromatic rings. The van der Waals surface area contributed by atoms with Gasteiger partial charge in [0.25, 0.3) is 5.91 Å². The molecule has 0 radical (unpaired) electrons. The van der Waals surface area contributed by atoms with Crippen LogP contribution in [-0.2, 0) is 19.8 Å². The molecule has 6 nitrogen and oxygen atoms in total. The number of hydrogen-bond donors (Lipinski definition) is 1. The van der Waals surface area contributed by atoms with Crippen LogP contribution in [0.3, 0.4) is 0 Å². The van der Waals surface area contributed by atoms with Crippen LogP contribution in [0.2, 0.25) is 0 Å². The molecule has 0 aromatic carbocycles. The third kappa shape index (κ3) is 3.86. The number of nitrogens with zero attached hydrogens (tertiary/aromatic N) is 4. The summed E-state index contributed by atoms with van der Waals surface area (Å²) in [6.45, 7) is 2.21. The van der Waals surface area contributed by atoms with Crippen molar-refractivity contribution < 1.29 is 18.0 Å². The molecule has 2 aromatic heterocycles. The zero-order valence-corrected chi connectivity index (χ0v) is 12.2. The molecule has 0 unspecified atom stereocenters. The normalized spacial score (nSPS) is 11.7. The van der Waals surface area contributed by atoms with Crippen molar-refractivity contribution in [3.05, 3.63) is 35.4 Å². The van der Waals surface area contributed by atoms with Crippen molar-refractivity contribution in [3.63, 3.8) is 0 Å². The van der Waals surface area contributed by atoms with Crippen molar-refractivity contribution in [2.24, 2.45) is 7.05 Å². The fourth-order valence-corrected chi connectivity index (χ4v) is 1.95. The number of alkyl halides is 3. The van der Waals surface area contributed by atoms with Crippen LogP contribution in [0.1, 0.15) is 28.2 Å². The molecule has 2 heterocycles. The van der Waals surface area contributed by atoms with E-state index in [-0.39, 0.29) is 5.91 Å². The Hall–Kier alpha value is -2.32. The highest BCUT2D eigenvalue weighted by Gasteiger charge is 2.34. The summed E-state index contributed by atoms with van der Waals surface area (Å²) in [6.07, 6.45) is -0.929. The molecule has 0 aliphatic heterocycles. The van der Waals surface area contributed by atoms with Gasteiger partial charge in [0.15, 0.2) is 5.69 Å². The van der Waals surface area contributed by atoms with Gasteiger partial charge < -0.3 is 5.32 Å². The standard InChI is InChI=1S/C13H16F3N5O/c1-9-6-11(13(14,15)16)19-21(9)5-3-4-17-12(22)10-7-18-20(2)8-10/h6-8H,3-5H2,1-2H3,(H,17,22). The smallest absolute Gasteiger partial charge is 0.352 e. The number of halogens is 3. The molecule has 0 saturated carbocycles. The molecule has 2 rings (SSSR count). The van der Waals surface area contributed by atoms with Crippen LogP contribution in [0.4, 0.5) is 13.2 Å². The van der Waals surface area contributed by atoms with Gasteiger partial charge in [-0.15, -0.1) is 0 Å². The van der Waals surface area contributed by atoms with Crippen LogP contribution in [0.5, 0.6) is 0 Å². The number of rotatable bonds is 5. The Balaban J connectivity index is 1.82. The first-order chi connectivity index (χ1) is 10.3. The van der Waals surface area contributed by atoms with Crippen LogP contribution < -0.4 is 5.32 Å². The van der Waals surface area contributed by atoms with Gasteiger partial charge in [-0.3, -0.25) is 14.2 Å². The Morgan fingerprint density at radius 3 is 2.68 bits per heavy atom. The fourth-order valence-electron chi connectivity index (χ4n) is 1.95. The Morgan fingerprint density at radius 2 is 2.14 bits per heavy atom. The third-order valence-corrected chi connectivity index (χ3v) is 3.07. The van der Waals surface area contributed by atoms with E-state index in [1.54, 1.807) is 20.2 Å². The highest BCUT2D eigenvalue weighted by molar-refractivity contribution is 5.93. The zero-order valence-electron chi connectivity index (χ0n) is 12.2. The van der Waals surface area contributed by atoms with Crippen LogP contribution in [0.15, 0.2) is 18.5 Å². The van der Waals surface area contributed by atoms with Crippen LogP contribution in [0, 0.1) is 6.92 Å². The SMILES string of the molecule is Cc1cc(C(F)(F)F)nn1CCCNC(=O)c1cnn(C)c1. The van der Waals surface area contributed by atoms with Gasteiger partial charge in [0.2, 0.25) is 0 Å². The van der Waals surface area contributed by atoms with Gasteiger partial charge in [-0.05, 0) is 19.4 Å². The molecule has 1 amide bonds. The molecule has 0 spiro atoms. The van der Waals surface area contributed by atoms with E-state index < -0.39 is 11.9 Å². The number of nitrogens with one attached hydrogen (secondary N) is 1. The van der Waals surface area contributed by atoms with Crippen molar-refractivity contribution in [1.82, 2.24) is 24.9 Å². The lowest BCUT2D eigenvalue weighted by Gasteiger charge is -2.06. The van der Waals surface area contributed by atoms with E-state index in [1.807, 2.05) is 0 Å². The van der Waals surface area contributed by atoms with E-state index in [1.165, 1.54) is 15.6 Å². The number of carbonyl (C=O) groups is 1. The largest absolute Gasteiger partial charge is 0.435 e. The minimum atomic E-state index is -4.44. The molecular weight excluding hydrogens is 299 g/mol. The van der Waals surface area contributed by atoms with Crippen LogP contribution in [-0.4, -0.2) is 32.0 Å². The summed E-state index contributed by atoms with van der Waals surface area (Å²) >= 11 is 0. The minimum Gasteiger partial charge on any atom is -0.352 e. The summed E-state index contributed by atoms with van der Waals surface area (Å²) in [5, 5.41) is 10.1. The summed E-state index contributed by atoms with van der Waals surface area (Å²) in [6, 6.07) is 1.01. The zero-order chi connectivity index (χ0) is 16.3. The first-order valence-corrected chi connectivity index (χ1v) is 6.66. The first kappa shape index (κ1) is 16.1. The molecule has 0 bridgehead atoms. The molecule has 0 aliphatic carbocycles. The lowest BCUT2D eigenvalue weighted by atomic mass is 10.3. The predicted molar refractivity (Wildman–Crippen MR) is 72.1 cm³/mol. The van der Waals surface area contributed by atoms with Gasteiger partial charge in [0.1, 0.15) is 0 Å². The average Bonchev–Trinajstić information content (AvgIpc) is 3.01. The van der Waals surface area contributed by atoms with E-state index in [4.69, 9.17) is 0 Å². The number of aryl methyl sites for hydroxylation is 3. The number of amides is 1. The summed E-state index contributed by atoms with van der Waals surface area (Å²) in [5.41, 5.74) is -0.0209. The Bertz CT molecular complexity index is 659. The van der Waals surface area contributed by atoms with Gasteiger partial charge >= 0.3 is 6.18 Å². The van der Waals surface area contributed by atoms with Crippen molar-refractivity contribution in [3.8, 4) is 0 Å². The first-order valence-electron chi connectivity index (χ1n) is 6.66. The molecule has 22 heavy (non-hydrogen) atoms. The lowest BCUT2D eigenvalue weighted by Crippen LogP contribution is -2.25. The van der Waals surface area contributed by atoms with Crippen molar-refractivity contribution in [2.45, 2.75) is 26.1 Å². The van der Waals surface area contributed by atoms with Crippen molar-refractivity contribution in [1.29, 1.82) is 0 Å². The molecule has 0 fully saturated rings. The number of carbonyl (C=O) groups excluding carboxylic acids is 1. The molecule has 0 aliphatic rings. The highest BCUT2D eigenvalue weighted by atomic mass is 19.4. The maximum atomic E-state index is 12.5. The molecule has 0 saturated heterocycles. The predicted octanol–water partition coefficient (Wildman–Crippen LogP) is 1.76. The van der Waals surface area contributed by atoms with Crippen molar-refractivity contribution >= 4 is 5.91 Å². The van der Waals surface area contributed by atoms with Crippen molar-refractivity contribution in [2.75, 3.05) is 6.54 Å². The highest BCUT2D eigenvalue weighted by Crippen LogP contribution is 2.28. The monoisotopic (exact) mass is 315 g/mol. The molecule has 9 heteroatoms. The Morgan fingerprint density at radius 1 is 1.41 bits per heavy atom. The Kier molecular flexibility index (Phi) is 4.53.